The molecule has 192 valence electrons. The number of rotatable bonds is 8. The molecule has 2 heterocycles. The van der Waals surface area contributed by atoms with Gasteiger partial charge in [-0.1, -0.05) is 11.8 Å². The van der Waals surface area contributed by atoms with Gasteiger partial charge in [0.15, 0.2) is 20.9 Å². The SMILES string of the molecule is CC(CCn1ccc2cc(C#CC#C[C@H]3C[C@@H]3CO)ccc21)(C(=O)NOC1CCCCO1)S(C)(=O)=O. The van der Waals surface area contributed by atoms with Crippen LogP contribution in [0.2, 0.25) is 0 Å². The van der Waals surface area contributed by atoms with Crippen LogP contribution in [0.25, 0.3) is 10.9 Å². The van der Waals surface area contributed by atoms with Gasteiger partial charge in [-0.3, -0.25) is 4.79 Å². The molecule has 4 atom stereocenters. The molecule has 2 aliphatic rings. The highest BCUT2D eigenvalue weighted by molar-refractivity contribution is 7.92. The molecule has 1 saturated heterocycles. The van der Waals surface area contributed by atoms with Gasteiger partial charge in [0.05, 0.1) is 0 Å². The van der Waals surface area contributed by atoms with Crippen LogP contribution in [0.15, 0.2) is 30.5 Å². The van der Waals surface area contributed by atoms with E-state index in [-0.39, 0.29) is 18.9 Å². The zero-order valence-electron chi connectivity index (χ0n) is 20.6. The monoisotopic (exact) mass is 512 g/mol. The fourth-order valence-corrected chi connectivity index (χ4v) is 5.00. The fraction of sp³-hybridized carbons (Fsp3) is 0.519. The van der Waals surface area contributed by atoms with E-state index in [4.69, 9.17) is 14.7 Å². The Labute approximate surface area is 212 Å². The number of aliphatic hydroxyl groups is 1. The van der Waals surface area contributed by atoms with Crippen molar-refractivity contribution in [3.8, 4) is 23.7 Å². The molecule has 2 N–H and O–H groups in total. The van der Waals surface area contributed by atoms with Gasteiger partial charge in [-0.2, -0.15) is 0 Å². The predicted octanol–water partition coefficient (Wildman–Crippen LogP) is 2.39. The maximum Gasteiger partial charge on any atom is 0.264 e. The number of carbonyl (C=O) groups is 1. The molecule has 2 aromatic rings. The van der Waals surface area contributed by atoms with Crippen LogP contribution in [-0.2, 0) is 30.8 Å². The van der Waals surface area contributed by atoms with E-state index in [1.54, 1.807) is 0 Å². The zero-order chi connectivity index (χ0) is 25.8. The molecule has 1 amide bonds. The average Bonchev–Trinajstić information content (AvgIpc) is 3.52. The van der Waals surface area contributed by atoms with Crippen LogP contribution in [0.1, 0.15) is 44.6 Å². The molecule has 2 unspecified atom stereocenters. The predicted molar refractivity (Wildman–Crippen MR) is 136 cm³/mol. The number of fused-ring (bicyclic) bond motifs is 1. The second-order valence-electron chi connectivity index (χ2n) is 9.69. The van der Waals surface area contributed by atoms with Crippen LogP contribution in [-0.4, -0.2) is 54.5 Å². The first-order valence-electron chi connectivity index (χ1n) is 12.2. The summed E-state index contributed by atoms with van der Waals surface area (Å²) >= 11 is 0. The first-order chi connectivity index (χ1) is 17.2. The van der Waals surface area contributed by atoms with Gasteiger partial charge in [-0.05, 0) is 74.6 Å². The molecule has 0 radical (unpaired) electrons. The van der Waals surface area contributed by atoms with Crippen LogP contribution < -0.4 is 5.48 Å². The van der Waals surface area contributed by atoms with Gasteiger partial charge in [0.2, 0.25) is 0 Å². The second kappa shape index (κ2) is 11.1. The van der Waals surface area contributed by atoms with Gasteiger partial charge >= 0.3 is 0 Å². The van der Waals surface area contributed by atoms with Crippen molar-refractivity contribution in [3.05, 3.63) is 36.0 Å². The maximum absolute atomic E-state index is 12.9. The minimum Gasteiger partial charge on any atom is -0.396 e. The molecule has 4 rings (SSSR count). The highest BCUT2D eigenvalue weighted by atomic mass is 32.2. The highest BCUT2D eigenvalue weighted by Gasteiger charge is 2.44. The van der Waals surface area contributed by atoms with E-state index in [0.717, 1.165) is 42.0 Å². The summed E-state index contributed by atoms with van der Waals surface area (Å²) in [4.78, 5) is 18.3. The number of amides is 1. The minimum absolute atomic E-state index is 0.0729. The summed E-state index contributed by atoms with van der Waals surface area (Å²) in [5.74, 6) is 11.7. The van der Waals surface area contributed by atoms with Gasteiger partial charge in [0.1, 0.15) is 0 Å². The van der Waals surface area contributed by atoms with Crippen molar-refractivity contribution in [3.63, 3.8) is 0 Å². The lowest BCUT2D eigenvalue weighted by Gasteiger charge is -2.28. The molecule has 1 aromatic carbocycles. The van der Waals surface area contributed by atoms with E-state index in [1.807, 2.05) is 35.0 Å². The van der Waals surface area contributed by atoms with Crippen LogP contribution in [0.3, 0.4) is 0 Å². The number of ether oxygens (including phenoxy) is 1. The number of benzene rings is 1. The smallest absolute Gasteiger partial charge is 0.264 e. The molecule has 9 heteroatoms. The van der Waals surface area contributed by atoms with Gasteiger partial charge < -0.3 is 14.4 Å². The minimum atomic E-state index is -3.74. The number of aliphatic hydroxyl groups excluding tert-OH is 1. The van der Waals surface area contributed by atoms with Crippen molar-refractivity contribution in [1.29, 1.82) is 0 Å². The maximum atomic E-state index is 12.9. The lowest BCUT2D eigenvalue weighted by molar-refractivity contribution is -0.201. The van der Waals surface area contributed by atoms with Crippen molar-refractivity contribution in [2.45, 2.75) is 56.6 Å². The molecule has 1 aromatic heterocycles. The van der Waals surface area contributed by atoms with Gasteiger partial charge in [0.25, 0.3) is 5.91 Å². The van der Waals surface area contributed by atoms with E-state index in [2.05, 4.69) is 29.2 Å². The molecule has 0 spiro atoms. The van der Waals surface area contributed by atoms with E-state index >= 15 is 0 Å². The van der Waals surface area contributed by atoms with Crippen molar-refractivity contribution >= 4 is 26.6 Å². The molecular weight excluding hydrogens is 480 g/mol. The molecule has 36 heavy (non-hydrogen) atoms. The first-order valence-corrected chi connectivity index (χ1v) is 14.1. The number of carbonyl (C=O) groups excluding carboxylic acids is 1. The average molecular weight is 513 g/mol. The summed E-state index contributed by atoms with van der Waals surface area (Å²) < 4.78 is 30.9. The number of aromatic nitrogens is 1. The van der Waals surface area contributed by atoms with Crippen molar-refractivity contribution in [2.24, 2.45) is 11.8 Å². The number of aryl methyl sites for hydroxylation is 1. The normalized spacial score (nSPS) is 23.0. The molecule has 1 aliphatic carbocycles. The molecule has 0 bridgehead atoms. The fourth-order valence-electron chi connectivity index (χ4n) is 4.16. The van der Waals surface area contributed by atoms with Crippen LogP contribution >= 0.6 is 0 Å². The first kappa shape index (κ1) is 26.2. The Morgan fingerprint density at radius 1 is 1.31 bits per heavy atom. The Morgan fingerprint density at radius 2 is 2.14 bits per heavy atom. The van der Waals surface area contributed by atoms with Gasteiger partial charge in [-0.15, -0.1) is 0 Å². The van der Waals surface area contributed by atoms with Crippen LogP contribution in [0.4, 0.5) is 0 Å². The Morgan fingerprint density at radius 3 is 2.83 bits per heavy atom. The van der Waals surface area contributed by atoms with E-state index in [1.165, 1.54) is 6.92 Å². The number of hydrogen-bond donors (Lipinski definition) is 2. The molecule has 1 aliphatic heterocycles. The molecule has 8 nitrogen and oxygen atoms in total. The topological polar surface area (TPSA) is 107 Å². The lowest BCUT2D eigenvalue weighted by Crippen LogP contribution is -2.51. The quantitative estimate of drug-likeness (QED) is 0.416. The van der Waals surface area contributed by atoms with E-state index in [9.17, 15) is 13.2 Å². The second-order valence-corrected chi connectivity index (χ2v) is 12.1. The van der Waals surface area contributed by atoms with Crippen molar-refractivity contribution < 1.29 is 27.9 Å². The zero-order valence-corrected chi connectivity index (χ0v) is 21.4. The summed E-state index contributed by atoms with van der Waals surface area (Å²) in [5.41, 5.74) is 4.06. The number of hydrogen-bond acceptors (Lipinski definition) is 6. The van der Waals surface area contributed by atoms with Crippen LogP contribution in [0.5, 0.6) is 0 Å². The summed E-state index contributed by atoms with van der Waals surface area (Å²) in [6.07, 6.45) is 5.90. The Bertz CT molecular complexity index is 1340. The summed E-state index contributed by atoms with van der Waals surface area (Å²) in [7, 11) is -3.74. The largest absolute Gasteiger partial charge is 0.396 e. The Kier molecular flexibility index (Phi) is 8.07. The standard InChI is InChI=1S/C27H32N2O6S/c1-27(36(2,32)33,26(31)28-35-25-9-5-6-16-34-25)13-15-29-14-12-22-17-20(10-11-24(22)29)7-3-4-8-21-18-23(21)19-30/h10-12,14,17,21,23,25,30H,5-6,9,13,15-16,18-19H2,1-2H3,(H,28,31)/t21-,23+,25?,27?/m0/s1. The van der Waals surface area contributed by atoms with Gasteiger partial charge in [-0.25, -0.2) is 18.7 Å². The third kappa shape index (κ3) is 6.11. The summed E-state index contributed by atoms with van der Waals surface area (Å²) in [6, 6.07) is 7.71. The van der Waals surface area contributed by atoms with E-state index in [0.29, 0.717) is 25.5 Å². The Hall–Kier alpha value is -2.82. The number of sulfone groups is 1. The molecular formula is C27H32N2O6S. The number of nitrogens with one attached hydrogen (secondary N) is 1. The van der Waals surface area contributed by atoms with Crippen LogP contribution in [0, 0.1) is 35.5 Å². The molecule has 1 saturated carbocycles. The summed E-state index contributed by atoms with van der Waals surface area (Å²) in [6.45, 7) is 2.48. The summed E-state index contributed by atoms with van der Waals surface area (Å²) in [5, 5.41) is 10.0. The highest BCUT2D eigenvalue weighted by Crippen LogP contribution is 2.36. The van der Waals surface area contributed by atoms with E-state index < -0.39 is 26.8 Å². The third-order valence-corrected chi connectivity index (χ3v) is 9.03. The van der Waals surface area contributed by atoms with Gasteiger partial charge in [0, 0.05) is 61.0 Å². The Balaban J connectivity index is 1.41. The number of nitrogens with zero attached hydrogens (tertiary/aromatic N) is 1. The third-order valence-electron chi connectivity index (χ3n) is 7.00. The molecule has 2 fully saturated rings. The van der Waals surface area contributed by atoms with Crippen molar-refractivity contribution in [1.82, 2.24) is 10.0 Å². The lowest BCUT2D eigenvalue weighted by atomic mass is 10.1. The number of hydroxylamine groups is 1. The van der Waals surface area contributed by atoms with Crippen molar-refractivity contribution in [2.75, 3.05) is 19.5 Å².